The van der Waals surface area contributed by atoms with Gasteiger partial charge in [-0.2, -0.15) is 0 Å². The monoisotopic (exact) mass is 282 g/mol. The third-order valence-electron chi connectivity index (χ3n) is 3.65. The van der Waals surface area contributed by atoms with Crippen molar-refractivity contribution in [2.75, 3.05) is 35.2 Å². The van der Waals surface area contributed by atoms with Gasteiger partial charge in [-0.25, -0.2) is 8.42 Å². The molecule has 2 rings (SSSR count). The van der Waals surface area contributed by atoms with E-state index in [0.717, 1.165) is 29.9 Å². The van der Waals surface area contributed by atoms with Crippen LogP contribution >= 0.6 is 0 Å². The van der Waals surface area contributed by atoms with Gasteiger partial charge >= 0.3 is 0 Å². The summed E-state index contributed by atoms with van der Waals surface area (Å²) in [5.74, 6) is 0.512. The first kappa shape index (κ1) is 14.2. The number of sulfone groups is 1. The molecule has 0 aromatic heterocycles. The lowest BCUT2D eigenvalue weighted by molar-refractivity contribution is 0.593. The number of nitrogens with two attached hydrogens (primary N) is 1. The molecule has 1 aliphatic heterocycles. The molecule has 4 nitrogen and oxygen atoms in total. The van der Waals surface area contributed by atoms with Crippen LogP contribution in [-0.4, -0.2) is 33.0 Å². The summed E-state index contributed by atoms with van der Waals surface area (Å²) >= 11 is 0. The fraction of sp³-hybridized carbons (Fsp3) is 0.571. The minimum Gasteiger partial charge on any atom is -0.398 e. The summed E-state index contributed by atoms with van der Waals surface area (Å²) in [6, 6.07) is 4.09. The Balaban J connectivity index is 2.09. The summed E-state index contributed by atoms with van der Waals surface area (Å²) < 4.78 is 23.5. The van der Waals surface area contributed by atoms with Gasteiger partial charge < -0.3 is 10.6 Å². The Kier molecular flexibility index (Phi) is 4.04. The van der Waals surface area contributed by atoms with Crippen LogP contribution in [0.5, 0.6) is 0 Å². The lowest BCUT2D eigenvalue weighted by Crippen LogP contribution is -2.28. The van der Waals surface area contributed by atoms with E-state index in [-0.39, 0.29) is 11.5 Å². The van der Waals surface area contributed by atoms with Crippen LogP contribution in [0.2, 0.25) is 0 Å². The average molecular weight is 282 g/mol. The number of nitrogen functional groups attached to an aromatic ring is 1. The second kappa shape index (κ2) is 5.41. The molecule has 0 fully saturated rings. The molecular formula is C14H22N2O2S. The summed E-state index contributed by atoms with van der Waals surface area (Å²) in [7, 11) is -2.91. The standard InChI is InChI=1S/C14H22N2O2S/c1-3-7-19(17,18)8-6-16-5-4-12-9-11(2)13(15)10-14(12)16/h9-10H,3-8,15H2,1-2H3. The van der Waals surface area contributed by atoms with Crippen LogP contribution in [0, 0.1) is 6.92 Å². The van der Waals surface area contributed by atoms with Crippen LogP contribution in [-0.2, 0) is 16.3 Å². The largest absolute Gasteiger partial charge is 0.398 e. The molecule has 1 heterocycles. The highest BCUT2D eigenvalue weighted by atomic mass is 32.2. The number of hydrogen-bond donors (Lipinski definition) is 1. The van der Waals surface area contributed by atoms with Gasteiger partial charge in [0.15, 0.2) is 9.84 Å². The Morgan fingerprint density at radius 1 is 1.32 bits per heavy atom. The summed E-state index contributed by atoms with van der Waals surface area (Å²) in [5.41, 5.74) is 10.2. The van der Waals surface area contributed by atoms with E-state index in [1.807, 2.05) is 19.9 Å². The minimum atomic E-state index is -2.91. The highest BCUT2D eigenvalue weighted by Crippen LogP contribution is 2.31. The van der Waals surface area contributed by atoms with Crippen LogP contribution in [0.25, 0.3) is 0 Å². The van der Waals surface area contributed by atoms with Crippen molar-refractivity contribution in [2.45, 2.75) is 26.7 Å². The van der Waals surface area contributed by atoms with Crippen molar-refractivity contribution in [1.29, 1.82) is 0 Å². The predicted octanol–water partition coefficient (Wildman–Crippen LogP) is 1.76. The molecule has 0 aliphatic carbocycles. The molecule has 0 unspecified atom stereocenters. The zero-order chi connectivity index (χ0) is 14.0. The topological polar surface area (TPSA) is 63.4 Å². The first-order valence-corrected chi connectivity index (χ1v) is 8.59. The van der Waals surface area contributed by atoms with Gasteiger partial charge in [-0.05, 0) is 37.0 Å². The summed E-state index contributed by atoms with van der Waals surface area (Å²) in [6.45, 7) is 5.36. The molecular weight excluding hydrogens is 260 g/mol. The Bertz CT molecular complexity index is 567. The maximum atomic E-state index is 11.8. The molecule has 0 atom stereocenters. The second-order valence-corrected chi connectivity index (χ2v) is 7.53. The van der Waals surface area contributed by atoms with E-state index in [0.29, 0.717) is 13.0 Å². The molecule has 0 saturated heterocycles. The lowest BCUT2D eigenvalue weighted by Gasteiger charge is -2.20. The highest BCUT2D eigenvalue weighted by molar-refractivity contribution is 7.91. The van der Waals surface area contributed by atoms with Crippen LogP contribution in [0.15, 0.2) is 12.1 Å². The van der Waals surface area contributed by atoms with Crippen LogP contribution < -0.4 is 10.6 Å². The van der Waals surface area contributed by atoms with Gasteiger partial charge in [-0.3, -0.25) is 0 Å². The number of benzene rings is 1. The minimum absolute atomic E-state index is 0.230. The zero-order valence-corrected chi connectivity index (χ0v) is 12.5. The van der Waals surface area contributed by atoms with Crippen molar-refractivity contribution in [3.63, 3.8) is 0 Å². The van der Waals surface area contributed by atoms with Gasteiger partial charge in [-0.15, -0.1) is 0 Å². The SMILES string of the molecule is CCCS(=O)(=O)CCN1CCc2cc(C)c(N)cc21. The maximum absolute atomic E-state index is 11.8. The fourth-order valence-electron chi connectivity index (χ4n) is 2.54. The fourth-order valence-corrected chi connectivity index (χ4v) is 3.86. The molecule has 1 aliphatic rings. The van der Waals surface area contributed by atoms with E-state index in [9.17, 15) is 8.42 Å². The molecule has 5 heteroatoms. The van der Waals surface area contributed by atoms with E-state index < -0.39 is 9.84 Å². The van der Waals surface area contributed by atoms with E-state index in [4.69, 9.17) is 5.73 Å². The van der Waals surface area contributed by atoms with E-state index in [1.54, 1.807) is 0 Å². The Morgan fingerprint density at radius 2 is 2.05 bits per heavy atom. The number of nitrogens with zero attached hydrogens (tertiary/aromatic N) is 1. The van der Waals surface area contributed by atoms with Gasteiger partial charge in [0.05, 0.1) is 5.75 Å². The molecule has 2 N–H and O–H groups in total. The number of fused-ring (bicyclic) bond motifs is 1. The number of rotatable bonds is 5. The predicted molar refractivity (Wildman–Crippen MR) is 80.5 cm³/mol. The van der Waals surface area contributed by atoms with Gasteiger partial charge in [0.25, 0.3) is 0 Å². The molecule has 0 bridgehead atoms. The zero-order valence-electron chi connectivity index (χ0n) is 11.6. The smallest absolute Gasteiger partial charge is 0.152 e. The van der Waals surface area contributed by atoms with Gasteiger partial charge in [0, 0.05) is 30.2 Å². The Labute approximate surface area is 115 Å². The molecule has 0 saturated carbocycles. The van der Waals surface area contributed by atoms with E-state index in [1.165, 1.54) is 5.56 Å². The summed E-state index contributed by atoms with van der Waals surface area (Å²) in [4.78, 5) is 2.14. The van der Waals surface area contributed by atoms with Gasteiger partial charge in [0.1, 0.15) is 0 Å². The van der Waals surface area contributed by atoms with E-state index >= 15 is 0 Å². The second-order valence-electron chi connectivity index (χ2n) is 5.23. The number of aryl methyl sites for hydroxylation is 1. The van der Waals surface area contributed by atoms with E-state index in [2.05, 4.69) is 11.0 Å². The lowest BCUT2D eigenvalue weighted by atomic mass is 10.1. The molecule has 106 valence electrons. The average Bonchev–Trinajstić information content (AvgIpc) is 2.70. The van der Waals surface area contributed by atoms with Crippen LogP contribution in [0.4, 0.5) is 11.4 Å². The highest BCUT2D eigenvalue weighted by Gasteiger charge is 2.21. The van der Waals surface area contributed by atoms with Crippen molar-refractivity contribution in [2.24, 2.45) is 0 Å². The number of hydrogen-bond acceptors (Lipinski definition) is 4. The molecule has 0 spiro atoms. The Morgan fingerprint density at radius 3 is 2.74 bits per heavy atom. The van der Waals surface area contributed by atoms with Crippen molar-refractivity contribution in [3.05, 3.63) is 23.3 Å². The van der Waals surface area contributed by atoms with Crippen molar-refractivity contribution in [1.82, 2.24) is 0 Å². The third kappa shape index (κ3) is 3.21. The maximum Gasteiger partial charge on any atom is 0.152 e. The quantitative estimate of drug-likeness (QED) is 0.836. The van der Waals surface area contributed by atoms with Crippen LogP contribution in [0.3, 0.4) is 0 Å². The van der Waals surface area contributed by atoms with Crippen molar-refractivity contribution >= 4 is 21.2 Å². The summed E-state index contributed by atoms with van der Waals surface area (Å²) in [5, 5.41) is 0. The molecule has 1 aromatic rings. The molecule has 1 aromatic carbocycles. The third-order valence-corrected chi connectivity index (χ3v) is 5.48. The van der Waals surface area contributed by atoms with Gasteiger partial charge in [-0.1, -0.05) is 13.0 Å². The van der Waals surface area contributed by atoms with Crippen LogP contribution in [0.1, 0.15) is 24.5 Å². The number of anilines is 2. The normalized spacial score (nSPS) is 14.7. The first-order valence-electron chi connectivity index (χ1n) is 6.77. The molecule has 0 amide bonds. The van der Waals surface area contributed by atoms with Crippen molar-refractivity contribution in [3.8, 4) is 0 Å². The summed E-state index contributed by atoms with van der Waals surface area (Å²) in [6.07, 6.45) is 1.66. The van der Waals surface area contributed by atoms with Crippen molar-refractivity contribution < 1.29 is 8.42 Å². The molecule has 0 radical (unpaired) electrons. The molecule has 19 heavy (non-hydrogen) atoms. The first-order chi connectivity index (χ1) is 8.93. The van der Waals surface area contributed by atoms with Gasteiger partial charge in [0.2, 0.25) is 0 Å². The Hall–Kier alpha value is -1.23.